The van der Waals surface area contributed by atoms with Gasteiger partial charge in [0.2, 0.25) is 0 Å². The zero-order valence-electron chi connectivity index (χ0n) is 9.21. The van der Waals surface area contributed by atoms with Gasteiger partial charge in [0.15, 0.2) is 0 Å². The third-order valence-corrected chi connectivity index (χ3v) is 3.98. The Morgan fingerprint density at radius 3 is 2.79 bits per heavy atom. The molecule has 82 valence electrons. The van der Waals surface area contributed by atoms with E-state index in [9.17, 15) is 5.11 Å². The maximum Gasteiger partial charge on any atom is 0.0664 e. The third-order valence-electron chi connectivity index (χ3n) is 3.98. The van der Waals surface area contributed by atoms with Crippen molar-refractivity contribution in [2.75, 3.05) is 6.54 Å². The van der Waals surface area contributed by atoms with E-state index in [1.165, 1.54) is 25.7 Å². The number of fused-ring (bicyclic) bond motifs is 2. The van der Waals surface area contributed by atoms with E-state index in [2.05, 4.69) is 12.2 Å². The molecule has 2 rings (SSSR count). The predicted molar refractivity (Wildman–Crippen MR) is 58.2 cm³/mol. The smallest absolute Gasteiger partial charge is 0.0664 e. The van der Waals surface area contributed by atoms with Gasteiger partial charge >= 0.3 is 0 Å². The van der Waals surface area contributed by atoms with E-state index in [4.69, 9.17) is 0 Å². The highest BCUT2D eigenvalue weighted by Gasteiger charge is 2.39. The molecule has 4 atom stereocenters. The number of hydrogen-bond acceptors (Lipinski definition) is 2. The van der Waals surface area contributed by atoms with E-state index >= 15 is 0 Å². The van der Waals surface area contributed by atoms with Crippen molar-refractivity contribution in [3.63, 3.8) is 0 Å². The molecule has 2 bridgehead atoms. The summed E-state index contributed by atoms with van der Waals surface area (Å²) >= 11 is 0. The highest BCUT2D eigenvalue weighted by Crippen LogP contribution is 2.44. The summed E-state index contributed by atoms with van der Waals surface area (Å²) < 4.78 is 0. The largest absolute Gasteiger partial charge is 0.392 e. The number of aliphatic hydroxyl groups is 1. The van der Waals surface area contributed by atoms with E-state index in [1.54, 1.807) is 0 Å². The van der Waals surface area contributed by atoms with E-state index < -0.39 is 0 Å². The van der Waals surface area contributed by atoms with Crippen LogP contribution in [0.5, 0.6) is 0 Å². The van der Waals surface area contributed by atoms with E-state index in [0.29, 0.717) is 0 Å². The average molecular weight is 197 g/mol. The minimum Gasteiger partial charge on any atom is -0.392 e. The number of hydrogen-bond donors (Lipinski definition) is 2. The van der Waals surface area contributed by atoms with E-state index in [0.717, 1.165) is 37.3 Å². The lowest BCUT2D eigenvalue weighted by molar-refractivity contribution is 0.151. The Balaban J connectivity index is 1.66. The topological polar surface area (TPSA) is 32.3 Å². The third kappa shape index (κ3) is 2.29. The van der Waals surface area contributed by atoms with Gasteiger partial charge in [-0.25, -0.2) is 0 Å². The maximum absolute atomic E-state index is 9.62. The molecule has 4 unspecified atom stereocenters. The zero-order valence-corrected chi connectivity index (χ0v) is 9.21. The quantitative estimate of drug-likeness (QED) is 0.706. The Labute approximate surface area is 87.1 Å². The van der Waals surface area contributed by atoms with E-state index in [1.807, 2.05) is 0 Å². The molecule has 0 aromatic heterocycles. The first-order chi connectivity index (χ1) is 6.79. The van der Waals surface area contributed by atoms with Crippen LogP contribution in [0.15, 0.2) is 0 Å². The second-order valence-corrected chi connectivity index (χ2v) is 5.13. The molecule has 2 nitrogen and oxygen atoms in total. The van der Waals surface area contributed by atoms with Crippen LogP contribution < -0.4 is 5.32 Å². The van der Waals surface area contributed by atoms with Crippen molar-refractivity contribution in [3.05, 3.63) is 0 Å². The number of aliphatic hydroxyl groups excluding tert-OH is 1. The molecule has 2 aliphatic rings. The fraction of sp³-hybridized carbons (Fsp3) is 1.00. The van der Waals surface area contributed by atoms with Gasteiger partial charge in [-0.1, -0.05) is 19.8 Å². The summed E-state index contributed by atoms with van der Waals surface area (Å²) in [5.74, 6) is 1.93. The van der Waals surface area contributed by atoms with Crippen LogP contribution in [0.2, 0.25) is 0 Å². The average Bonchev–Trinajstić information content (AvgIpc) is 2.76. The number of nitrogens with one attached hydrogen (secondary N) is 1. The van der Waals surface area contributed by atoms with Gasteiger partial charge in [-0.15, -0.1) is 0 Å². The highest BCUT2D eigenvalue weighted by atomic mass is 16.3. The van der Waals surface area contributed by atoms with Gasteiger partial charge in [-0.2, -0.15) is 0 Å². The van der Waals surface area contributed by atoms with Gasteiger partial charge in [-0.3, -0.25) is 0 Å². The highest BCUT2D eigenvalue weighted by molar-refractivity contribution is 4.94. The summed E-state index contributed by atoms with van der Waals surface area (Å²) in [7, 11) is 0. The molecule has 14 heavy (non-hydrogen) atoms. The van der Waals surface area contributed by atoms with Gasteiger partial charge in [0.05, 0.1) is 6.10 Å². The molecule has 2 saturated carbocycles. The lowest BCUT2D eigenvalue weighted by atomic mass is 9.95. The molecule has 2 fully saturated rings. The molecular weight excluding hydrogens is 174 g/mol. The van der Waals surface area contributed by atoms with Crippen LogP contribution in [0.3, 0.4) is 0 Å². The molecule has 0 saturated heterocycles. The van der Waals surface area contributed by atoms with Crippen LogP contribution in [0.1, 0.15) is 45.4 Å². The molecule has 2 N–H and O–H groups in total. The van der Waals surface area contributed by atoms with Gasteiger partial charge < -0.3 is 10.4 Å². The number of rotatable bonds is 5. The molecule has 0 spiro atoms. The normalized spacial score (nSPS) is 37.7. The first kappa shape index (κ1) is 10.4. The van der Waals surface area contributed by atoms with Crippen molar-refractivity contribution in [1.82, 2.24) is 5.32 Å². The first-order valence-corrected chi connectivity index (χ1v) is 6.21. The van der Waals surface area contributed by atoms with Gasteiger partial charge in [0.25, 0.3) is 0 Å². The fourth-order valence-corrected chi connectivity index (χ4v) is 3.22. The second kappa shape index (κ2) is 4.63. The molecule has 0 amide bonds. The van der Waals surface area contributed by atoms with Crippen molar-refractivity contribution < 1.29 is 5.11 Å². The summed E-state index contributed by atoms with van der Waals surface area (Å²) in [6, 6.07) is 0.722. The Morgan fingerprint density at radius 2 is 2.21 bits per heavy atom. The minimum absolute atomic E-state index is 0.126. The Bertz CT molecular complexity index is 183. The Kier molecular flexibility index (Phi) is 3.45. The summed E-state index contributed by atoms with van der Waals surface area (Å²) in [4.78, 5) is 0. The molecule has 2 aliphatic carbocycles. The van der Waals surface area contributed by atoms with Crippen LogP contribution in [-0.2, 0) is 0 Å². The summed E-state index contributed by atoms with van der Waals surface area (Å²) in [5.41, 5.74) is 0. The van der Waals surface area contributed by atoms with Crippen LogP contribution in [-0.4, -0.2) is 23.8 Å². The summed E-state index contributed by atoms with van der Waals surface area (Å²) in [6.45, 7) is 2.93. The molecule has 0 radical (unpaired) electrons. The van der Waals surface area contributed by atoms with Crippen molar-refractivity contribution >= 4 is 0 Å². The Morgan fingerprint density at radius 1 is 1.36 bits per heavy atom. The molecule has 2 heteroatoms. The SMILES string of the molecule is CCCC(O)CNC1CC2CCC1C2. The standard InChI is InChI=1S/C12H23NO/c1-2-3-11(14)8-13-12-7-9-4-5-10(12)6-9/h9-14H,2-8H2,1H3. The molecule has 0 heterocycles. The monoisotopic (exact) mass is 197 g/mol. The fourth-order valence-electron chi connectivity index (χ4n) is 3.22. The van der Waals surface area contributed by atoms with Crippen LogP contribution >= 0.6 is 0 Å². The summed E-state index contributed by atoms with van der Waals surface area (Å²) in [6.07, 6.45) is 7.59. The van der Waals surface area contributed by atoms with Gasteiger partial charge in [0, 0.05) is 12.6 Å². The molecule has 0 aromatic carbocycles. The maximum atomic E-state index is 9.62. The van der Waals surface area contributed by atoms with E-state index in [-0.39, 0.29) is 6.10 Å². The molecule has 0 aromatic rings. The predicted octanol–water partition coefficient (Wildman–Crippen LogP) is 1.93. The van der Waals surface area contributed by atoms with Crippen LogP contribution in [0.4, 0.5) is 0 Å². The zero-order chi connectivity index (χ0) is 9.97. The van der Waals surface area contributed by atoms with Crippen molar-refractivity contribution in [2.24, 2.45) is 11.8 Å². The summed E-state index contributed by atoms with van der Waals surface area (Å²) in [5, 5.41) is 13.2. The van der Waals surface area contributed by atoms with Gasteiger partial charge in [-0.05, 0) is 37.5 Å². The van der Waals surface area contributed by atoms with Crippen LogP contribution in [0, 0.1) is 11.8 Å². The molecular formula is C12H23NO. The van der Waals surface area contributed by atoms with Crippen molar-refractivity contribution in [1.29, 1.82) is 0 Å². The minimum atomic E-state index is -0.126. The first-order valence-electron chi connectivity index (χ1n) is 6.21. The van der Waals surface area contributed by atoms with Gasteiger partial charge in [0.1, 0.15) is 0 Å². The van der Waals surface area contributed by atoms with Crippen molar-refractivity contribution in [3.8, 4) is 0 Å². The lowest BCUT2D eigenvalue weighted by Crippen LogP contribution is -2.38. The second-order valence-electron chi connectivity index (χ2n) is 5.13. The Hall–Kier alpha value is -0.0800. The van der Waals surface area contributed by atoms with Crippen molar-refractivity contribution in [2.45, 2.75) is 57.6 Å². The van der Waals surface area contributed by atoms with Crippen LogP contribution in [0.25, 0.3) is 0 Å². The lowest BCUT2D eigenvalue weighted by Gasteiger charge is -2.24. The molecule has 0 aliphatic heterocycles.